The normalized spacial score (nSPS) is 18.9. The van der Waals surface area contributed by atoms with Gasteiger partial charge in [0.25, 0.3) is 5.91 Å². The van der Waals surface area contributed by atoms with Crippen LogP contribution in [0.4, 0.5) is 5.69 Å². The average molecular weight is 233 g/mol. The zero-order valence-corrected chi connectivity index (χ0v) is 9.40. The maximum absolute atomic E-state index is 11.9. The third kappa shape index (κ3) is 2.62. The van der Waals surface area contributed by atoms with E-state index in [1.54, 1.807) is 24.3 Å². The monoisotopic (exact) mass is 233 g/mol. The molecular formula is C12H15N3O2. The highest BCUT2D eigenvalue weighted by molar-refractivity contribution is 6.03. The van der Waals surface area contributed by atoms with Crippen molar-refractivity contribution in [1.29, 1.82) is 0 Å². The first kappa shape index (κ1) is 11.6. The minimum absolute atomic E-state index is 0.0315. The van der Waals surface area contributed by atoms with Crippen molar-refractivity contribution in [2.24, 2.45) is 11.7 Å². The van der Waals surface area contributed by atoms with Gasteiger partial charge in [0.2, 0.25) is 5.91 Å². The Morgan fingerprint density at radius 1 is 1.35 bits per heavy atom. The molecule has 1 aliphatic rings. The van der Waals surface area contributed by atoms with Crippen LogP contribution in [0.2, 0.25) is 0 Å². The van der Waals surface area contributed by atoms with Crippen molar-refractivity contribution in [2.45, 2.75) is 6.42 Å². The molecule has 1 fully saturated rings. The second kappa shape index (κ2) is 4.97. The zero-order chi connectivity index (χ0) is 12.3. The highest BCUT2D eigenvalue weighted by atomic mass is 16.2. The Hall–Kier alpha value is -1.88. The average Bonchev–Trinajstić information content (AvgIpc) is 2.83. The topological polar surface area (TPSA) is 84.2 Å². The van der Waals surface area contributed by atoms with Crippen molar-refractivity contribution in [2.75, 3.05) is 18.4 Å². The molecule has 1 saturated heterocycles. The molecule has 1 heterocycles. The maximum atomic E-state index is 11.9. The molecule has 1 atom stereocenters. The predicted octanol–water partition coefficient (Wildman–Crippen LogP) is 0.333. The largest absolute Gasteiger partial charge is 0.366 e. The van der Waals surface area contributed by atoms with Crippen LogP contribution in [0.5, 0.6) is 0 Å². The molecule has 0 radical (unpaired) electrons. The second-order valence-corrected chi connectivity index (χ2v) is 4.09. The number of carbonyl (C=O) groups is 2. The van der Waals surface area contributed by atoms with Crippen LogP contribution in [0.15, 0.2) is 24.3 Å². The van der Waals surface area contributed by atoms with Gasteiger partial charge in [-0.1, -0.05) is 12.1 Å². The Bertz CT molecular complexity index is 439. The lowest BCUT2D eigenvalue weighted by atomic mass is 10.1. The van der Waals surface area contributed by atoms with E-state index in [4.69, 9.17) is 5.73 Å². The molecule has 90 valence electrons. The van der Waals surface area contributed by atoms with Gasteiger partial charge < -0.3 is 16.4 Å². The van der Waals surface area contributed by atoms with E-state index in [1.165, 1.54) is 0 Å². The molecule has 0 spiro atoms. The number of rotatable bonds is 3. The van der Waals surface area contributed by atoms with E-state index < -0.39 is 5.91 Å². The molecule has 0 aliphatic carbocycles. The lowest BCUT2D eigenvalue weighted by Crippen LogP contribution is -2.26. The van der Waals surface area contributed by atoms with Gasteiger partial charge in [-0.2, -0.15) is 0 Å². The van der Waals surface area contributed by atoms with Crippen LogP contribution in [0, 0.1) is 5.92 Å². The summed E-state index contributed by atoms with van der Waals surface area (Å²) in [5, 5.41) is 5.88. The summed E-state index contributed by atoms with van der Waals surface area (Å²) in [5.74, 6) is -0.634. The smallest absolute Gasteiger partial charge is 0.250 e. The number of nitrogens with one attached hydrogen (secondary N) is 2. The lowest BCUT2D eigenvalue weighted by Gasteiger charge is -2.12. The van der Waals surface area contributed by atoms with E-state index in [2.05, 4.69) is 10.6 Å². The van der Waals surface area contributed by atoms with Gasteiger partial charge in [0.1, 0.15) is 0 Å². The minimum Gasteiger partial charge on any atom is -0.366 e. The summed E-state index contributed by atoms with van der Waals surface area (Å²) >= 11 is 0. The fourth-order valence-electron chi connectivity index (χ4n) is 1.92. The third-order valence-corrected chi connectivity index (χ3v) is 2.88. The van der Waals surface area contributed by atoms with Gasteiger partial charge >= 0.3 is 0 Å². The van der Waals surface area contributed by atoms with Crippen LogP contribution in [0.1, 0.15) is 16.8 Å². The number of anilines is 1. The molecule has 5 nitrogen and oxygen atoms in total. The molecule has 1 aliphatic heterocycles. The van der Waals surface area contributed by atoms with Crippen LogP contribution in [-0.4, -0.2) is 24.9 Å². The first-order valence-electron chi connectivity index (χ1n) is 5.59. The quantitative estimate of drug-likeness (QED) is 0.703. The molecule has 0 saturated carbocycles. The number of hydrogen-bond donors (Lipinski definition) is 3. The molecule has 1 aromatic rings. The molecule has 17 heavy (non-hydrogen) atoms. The van der Waals surface area contributed by atoms with Crippen molar-refractivity contribution in [3.63, 3.8) is 0 Å². The summed E-state index contributed by atoms with van der Waals surface area (Å²) in [6.07, 6.45) is 0.824. The number of primary amides is 1. The minimum atomic E-state index is -0.537. The SMILES string of the molecule is NC(=O)c1ccccc1NC(=O)C1CCNC1. The van der Waals surface area contributed by atoms with Crippen molar-refractivity contribution < 1.29 is 9.59 Å². The van der Waals surface area contributed by atoms with Gasteiger partial charge in [-0.25, -0.2) is 0 Å². The molecule has 0 aromatic heterocycles. The van der Waals surface area contributed by atoms with E-state index in [1.807, 2.05) is 0 Å². The second-order valence-electron chi connectivity index (χ2n) is 4.09. The van der Waals surface area contributed by atoms with Crippen LogP contribution >= 0.6 is 0 Å². The third-order valence-electron chi connectivity index (χ3n) is 2.88. The lowest BCUT2D eigenvalue weighted by molar-refractivity contribution is -0.119. The summed E-state index contributed by atoms with van der Waals surface area (Å²) in [4.78, 5) is 23.1. The zero-order valence-electron chi connectivity index (χ0n) is 9.40. The summed E-state index contributed by atoms with van der Waals surface area (Å²) < 4.78 is 0. The van der Waals surface area contributed by atoms with E-state index >= 15 is 0 Å². The predicted molar refractivity (Wildman–Crippen MR) is 64.6 cm³/mol. The molecule has 5 heteroatoms. The van der Waals surface area contributed by atoms with Crippen molar-refractivity contribution in [1.82, 2.24) is 5.32 Å². The molecule has 2 rings (SSSR count). The van der Waals surface area contributed by atoms with Gasteiger partial charge in [0.05, 0.1) is 17.2 Å². The Kier molecular flexibility index (Phi) is 3.39. The van der Waals surface area contributed by atoms with E-state index in [-0.39, 0.29) is 11.8 Å². The molecule has 4 N–H and O–H groups in total. The van der Waals surface area contributed by atoms with Crippen LogP contribution in [0.3, 0.4) is 0 Å². The number of benzene rings is 1. The Balaban J connectivity index is 2.12. The van der Waals surface area contributed by atoms with Crippen LogP contribution < -0.4 is 16.4 Å². The van der Waals surface area contributed by atoms with Crippen LogP contribution in [-0.2, 0) is 4.79 Å². The molecule has 1 unspecified atom stereocenters. The van der Waals surface area contributed by atoms with E-state index in [9.17, 15) is 9.59 Å². The number of amides is 2. The fraction of sp³-hybridized carbons (Fsp3) is 0.333. The number of carbonyl (C=O) groups excluding carboxylic acids is 2. The van der Waals surface area contributed by atoms with Crippen molar-refractivity contribution in [3.05, 3.63) is 29.8 Å². The highest BCUT2D eigenvalue weighted by Gasteiger charge is 2.23. The van der Waals surface area contributed by atoms with Gasteiger partial charge in [-0.05, 0) is 25.1 Å². The highest BCUT2D eigenvalue weighted by Crippen LogP contribution is 2.17. The Morgan fingerprint density at radius 3 is 2.76 bits per heavy atom. The maximum Gasteiger partial charge on any atom is 0.250 e. The number of nitrogens with two attached hydrogens (primary N) is 1. The van der Waals surface area contributed by atoms with E-state index in [0.717, 1.165) is 13.0 Å². The van der Waals surface area contributed by atoms with Crippen molar-refractivity contribution >= 4 is 17.5 Å². The first-order chi connectivity index (χ1) is 8.18. The summed E-state index contributed by atoms with van der Waals surface area (Å²) in [6.45, 7) is 1.54. The summed E-state index contributed by atoms with van der Waals surface area (Å²) in [6, 6.07) is 6.76. The van der Waals surface area contributed by atoms with Gasteiger partial charge in [0.15, 0.2) is 0 Å². The van der Waals surface area contributed by atoms with Crippen molar-refractivity contribution in [3.8, 4) is 0 Å². The molecule has 1 aromatic carbocycles. The van der Waals surface area contributed by atoms with Gasteiger partial charge in [-0.15, -0.1) is 0 Å². The van der Waals surface area contributed by atoms with Gasteiger partial charge in [0, 0.05) is 6.54 Å². The summed E-state index contributed by atoms with van der Waals surface area (Å²) in [7, 11) is 0. The number of para-hydroxylation sites is 1. The molecule has 0 bridgehead atoms. The first-order valence-corrected chi connectivity index (χ1v) is 5.59. The number of hydrogen-bond acceptors (Lipinski definition) is 3. The van der Waals surface area contributed by atoms with Crippen LogP contribution in [0.25, 0.3) is 0 Å². The van der Waals surface area contributed by atoms with E-state index in [0.29, 0.717) is 17.8 Å². The molecule has 2 amide bonds. The fourth-order valence-corrected chi connectivity index (χ4v) is 1.92. The standard InChI is InChI=1S/C12H15N3O2/c13-11(16)9-3-1-2-4-10(9)15-12(17)8-5-6-14-7-8/h1-4,8,14H,5-7H2,(H2,13,16)(H,15,17). The summed E-state index contributed by atoms with van der Waals surface area (Å²) in [5.41, 5.74) is 6.06. The Morgan fingerprint density at radius 2 is 2.12 bits per heavy atom. The molecular weight excluding hydrogens is 218 g/mol. The Labute approximate surface area is 99.4 Å². The van der Waals surface area contributed by atoms with Gasteiger partial charge in [-0.3, -0.25) is 9.59 Å².